The van der Waals surface area contributed by atoms with E-state index >= 15 is 0 Å². The molecule has 2 aromatic rings. The molecule has 0 aromatic heterocycles. The minimum absolute atomic E-state index is 0.0153. The highest BCUT2D eigenvalue weighted by molar-refractivity contribution is 6.46. The number of aliphatic hydroxyl groups excluding tert-OH is 1. The molecule has 2 aliphatic rings. The number of hydrogen-bond donors (Lipinski definition) is 1. The Balaban J connectivity index is 1.64. The third kappa shape index (κ3) is 6.55. The van der Waals surface area contributed by atoms with Crippen LogP contribution < -0.4 is 9.47 Å². The first kappa shape index (κ1) is 27.7. The Hall–Kier alpha value is -3.36. The second-order valence-electron chi connectivity index (χ2n) is 9.91. The van der Waals surface area contributed by atoms with Gasteiger partial charge in [-0.2, -0.15) is 0 Å². The molecule has 1 N–H and O–H groups in total. The van der Waals surface area contributed by atoms with Crippen LogP contribution in [0.1, 0.15) is 50.8 Å². The highest BCUT2D eigenvalue weighted by Gasteiger charge is 2.45. The van der Waals surface area contributed by atoms with Crippen LogP contribution in [0.2, 0.25) is 0 Å². The summed E-state index contributed by atoms with van der Waals surface area (Å²) in [6.07, 6.45) is 1.62. The van der Waals surface area contributed by atoms with Crippen molar-refractivity contribution in [2.75, 3.05) is 46.0 Å². The topological polar surface area (TPSA) is 88.5 Å². The van der Waals surface area contributed by atoms with Gasteiger partial charge in [0.25, 0.3) is 11.7 Å². The zero-order valence-corrected chi connectivity index (χ0v) is 22.5. The number of aliphatic hydroxyl groups is 1. The van der Waals surface area contributed by atoms with Gasteiger partial charge in [-0.25, -0.2) is 0 Å². The van der Waals surface area contributed by atoms with Gasteiger partial charge in [-0.3, -0.25) is 14.5 Å². The molecule has 1 amide bonds. The summed E-state index contributed by atoms with van der Waals surface area (Å²) in [5.74, 6) is -0.0661. The molecule has 4 rings (SSSR count). The predicted octanol–water partition coefficient (Wildman–Crippen LogP) is 4.41. The molecule has 38 heavy (non-hydrogen) atoms. The van der Waals surface area contributed by atoms with E-state index in [2.05, 4.69) is 4.90 Å². The fourth-order valence-electron chi connectivity index (χ4n) is 4.83. The fraction of sp³-hybridized carbons (Fsp3) is 0.467. The van der Waals surface area contributed by atoms with Crippen LogP contribution in [0, 0.1) is 0 Å². The Kier molecular flexibility index (Phi) is 9.42. The second-order valence-corrected chi connectivity index (χ2v) is 9.91. The number of carbonyl (C=O) groups excluding carboxylic acids is 2. The normalized spacial score (nSPS) is 19.8. The van der Waals surface area contributed by atoms with E-state index in [1.165, 1.54) is 0 Å². The molecule has 2 saturated heterocycles. The molecule has 2 aliphatic heterocycles. The van der Waals surface area contributed by atoms with Crippen molar-refractivity contribution in [1.29, 1.82) is 0 Å². The van der Waals surface area contributed by atoms with Crippen molar-refractivity contribution in [3.63, 3.8) is 0 Å². The Morgan fingerprint density at radius 2 is 1.66 bits per heavy atom. The van der Waals surface area contributed by atoms with Gasteiger partial charge >= 0.3 is 0 Å². The van der Waals surface area contributed by atoms with Gasteiger partial charge in [0.05, 0.1) is 37.5 Å². The largest absolute Gasteiger partial charge is 0.507 e. The molecule has 8 heteroatoms. The number of ether oxygens (including phenoxy) is 3. The van der Waals surface area contributed by atoms with Crippen molar-refractivity contribution in [1.82, 2.24) is 9.80 Å². The summed E-state index contributed by atoms with van der Waals surface area (Å²) in [6, 6.07) is 13.6. The van der Waals surface area contributed by atoms with Crippen molar-refractivity contribution >= 4 is 17.4 Å². The van der Waals surface area contributed by atoms with Crippen LogP contribution in [0.15, 0.2) is 54.1 Å². The first-order valence-electron chi connectivity index (χ1n) is 13.5. The molecule has 0 aliphatic carbocycles. The molecular formula is C30H38N2O6. The first-order chi connectivity index (χ1) is 18.4. The summed E-state index contributed by atoms with van der Waals surface area (Å²) in [5, 5.41) is 11.3. The van der Waals surface area contributed by atoms with Crippen LogP contribution in [-0.4, -0.2) is 78.7 Å². The quantitative estimate of drug-likeness (QED) is 0.266. The number of morpholine rings is 1. The lowest BCUT2D eigenvalue weighted by molar-refractivity contribution is -0.140. The number of amides is 1. The van der Waals surface area contributed by atoms with E-state index < -0.39 is 17.7 Å². The molecule has 8 nitrogen and oxygen atoms in total. The Bertz CT molecular complexity index is 1120. The van der Waals surface area contributed by atoms with Gasteiger partial charge < -0.3 is 24.2 Å². The average Bonchev–Trinajstić information content (AvgIpc) is 3.17. The summed E-state index contributed by atoms with van der Waals surface area (Å²) in [7, 11) is 0. The van der Waals surface area contributed by atoms with Gasteiger partial charge in [0, 0.05) is 31.7 Å². The lowest BCUT2D eigenvalue weighted by Gasteiger charge is -2.29. The smallest absolute Gasteiger partial charge is 0.295 e. The SMILES string of the molecule is CCCOc1ccc(C2/C(=C(/O)c3ccc(OC(C)C)cc3)C(=O)C(=O)N2CCCN2CCOCC2)cc1. The molecule has 2 heterocycles. The van der Waals surface area contributed by atoms with Crippen LogP contribution in [0.3, 0.4) is 0 Å². The van der Waals surface area contributed by atoms with Crippen LogP contribution in [0.25, 0.3) is 5.76 Å². The lowest BCUT2D eigenvalue weighted by atomic mass is 9.95. The Morgan fingerprint density at radius 3 is 2.29 bits per heavy atom. The second kappa shape index (κ2) is 12.9. The third-order valence-corrected chi connectivity index (χ3v) is 6.69. The van der Waals surface area contributed by atoms with Crippen LogP contribution in [0.4, 0.5) is 0 Å². The molecule has 1 atom stereocenters. The molecule has 0 bridgehead atoms. The van der Waals surface area contributed by atoms with E-state index in [-0.39, 0.29) is 17.4 Å². The standard InChI is InChI=1S/C30H38N2O6/c1-4-18-37-24-10-6-22(7-11-24)27-26(28(33)23-8-12-25(13-9-23)38-21(2)3)29(34)30(35)32(27)15-5-14-31-16-19-36-20-17-31/h6-13,21,27,33H,4-5,14-20H2,1-3H3/b28-26-. The number of benzene rings is 2. The summed E-state index contributed by atoms with van der Waals surface area (Å²) in [5.41, 5.74) is 1.31. The number of rotatable bonds is 11. The highest BCUT2D eigenvalue weighted by Crippen LogP contribution is 2.40. The predicted molar refractivity (Wildman–Crippen MR) is 145 cm³/mol. The van der Waals surface area contributed by atoms with E-state index in [0.29, 0.717) is 44.1 Å². The van der Waals surface area contributed by atoms with Gasteiger partial charge in [-0.15, -0.1) is 0 Å². The number of carbonyl (C=O) groups is 2. The van der Waals surface area contributed by atoms with Crippen molar-refractivity contribution in [2.24, 2.45) is 0 Å². The third-order valence-electron chi connectivity index (χ3n) is 6.69. The van der Waals surface area contributed by atoms with Crippen molar-refractivity contribution < 1.29 is 28.9 Å². The fourth-order valence-corrected chi connectivity index (χ4v) is 4.83. The molecule has 0 radical (unpaired) electrons. The van der Waals surface area contributed by atoms with Gasteiger partial charge in [-0.1, -0.05) is 19.1 Å². The van der Waals surface area contributed by atoms with E-state index in [1.807, 2.05) is 45.0 Å². The highest BCUT2D eigenvalue weighted by atomic mass is 16.5. The minimum Gasteiger partial charge on any atom is -0.507 e. The minimum atomic E-state index is -0.688. The molecule has 1 unspecified atom stereocenters. The molecule has 0 spiro atoms. The maximum Gasteiger partial charge on any atom is 0.295 e. The van der Waals surface area contributed by atoms with E-state index in [1.54, 1.807) is 29.2 Å². The molecule has 0 saturated carbocycles. The van der Waals surface area contributed by atoms with Crippen molar-refractivity contribution in [3.05, 3.63) is 65.2 Å². The summed E-state index contributed by atoms with van der Waals surface area (Å²) >= 11 is 0. The monoisotopic (exact) mass is 522 g/mol. The van der Waals surface area contributed by atoms with Crippen LogP contribution in [0.5, 0.6) is 11.5 Å². The molecule has 204 valence electrons. The Morgan fingerprint density at radius 1 is 1.00 bits per heavy atom. The Labute approximate surface area is 224 Å². The zero-order valence-electron chi connectivity index (χ0n) is 22.5. The number of nitrogens with zero attached hydrogens (tertiary/aromatic N) is 2. The van der Waals surface area contributed by atoms with Crippen molar-refractivity contribution in [3.8, 4) is 11.5 Å². The summed E-state index contributed by atoms with van der Waals surface area (Å²) < 4.78 is 16.8. The van der Waals surface area contributed by atoms with Crippen molar-refractivity contribution in [2.45, 2.75) is 45.8 Å². The maximum absolute atomic E-state index is 13.3. The van der Waals surface area contributed by atoms with Gasteiger partial charge in [0.2, 0.25) is 0 Å². The van der Waals surface area contributed by atoms with E-state index in [0.717, 1.165) is 37.4 Å². The average molecular weight is 523 g/mol. The summed E-state index contributed by atoms with van der Waals surface area (Å²) in [4.78, 5) is 30.5. The number of hydrogen-bond acceptors (Lipinski definition) is 7. The van der Waals surface area contributed by atoms with Gasteiger partial charge in [0.15, 0.2) is 0 Å². The molecular weight excluding hydrogens is 484 g/mol. The van der Waals surface area contributed by atoms with Gasteiger partial charge in [0.1, 0.15) is 17.3 Å². The maximum atomic E-state index is 13.3. The lowest BCUT2D eigenvalue weighted by Crippen LogP contribution is -2.38. The molecule has 2 fully saturated rings. The number of Topliss-reactive ketones (excluding diaryl/α,β-unsaturated/α-hetero) is 1. The van der Waals surface area contributed by atoms with E-state index in [9.17, 15) is 14.7 Å². The zero-order chi connectivity index (χ0) is 27.1. The number of ketones is 1. The van der Waals surface area contributed by atoms with Crippen LogP contribution in [-0.2, 0) is 14.3 Å². The van der Waals surface area contributed by atoms with Crippen LogP contribution >= 0.6 is 0 Å². The number of likely N-dealkylation sites (tertiary alicyclic amines) is 1. The van der Waals surface area contributed by atoms with E-state index in [4.69, 9.17) is 14.2 Å². The summed E-state index contributed by atoms with van der Waals surface area (Å²) in [6.45, 7) is 10.9. The first-order valence-corrected chi connectivity index (χ1v) is 13.5. The van der Waals surface area contributed by atoms with Gasteiger partial charge in [-0.05, 0) is 68.7 Å². The molecule has 2 aromatic carbocycles.